The summed E-state index contributed by atoms with van der Waals surface area (Å²) in [6.45, 7) is 6.59. The van der Waals surface area contributed by atoms with Gasteiger partial charge in [-0.25, -0.2) is 4.39 Å². The Morgan fingerprint density at radius 1 is 1.00 bits per heavy atom. The van der Waals surface area contributed by atoms with Crippen molar-refractivity contribution in [1.29, 1.82) is 0 Å². The summed E-state index contributed by atoms with van der Waals surface area (Å²) in [5, 5.41) is 3.47. The molecule has 0 spiro atoms. The fraction of sp³-hybridized carbons (Fsp3) is 0.294. The fourth-order valence-corrected chi connectivity index (χ4v) is 2.42. The van der Waals surface area contributed by atoms with E-state index < -0.39 is 0 Å². The molecule has 0 saturated carbocycles. The predicted molar refractivity (Wildman–Crippen MR) is 77.8 cm³/mol. The van der Waals surface area contributed by atoms with Gasteiger partial charge in [0.1, 0.15) is 5.82 Å². The van der Waals surface area contributed by atoms with Crippen molar-refractivity contribution in [2.24, 2.45) is 0 Å². The molecular weight excluding hydrogens is 237 g/mol. The lowest BCUT2D eigenvalue weighted by molar-refractivity contribution is 0.598. The van der Waals surface area contributed by atoms with Gasteiger partial charge >= 0.3 is 0 Å². The molecule has 0 bridgehead atoms. The highest BCUT2D eigenvalue weighted by atomic mass is 19.1. The predicted octanol–water partition coefficient (Wildman–Crippen LogP) is 4.14. The molecule has 0 heterocycles. The molecule has 0 aromatic heterocycles. The minimum atomic E-state index is -0.105. The monoisotopic (exact) mass is 257 g/mol. The lowest BCUT2D eigenvalue weighted by Crippen LogP contribution is -2.22. The number of hydrogen-bond acceptors (Lipinski definition) is 1. The number of nitrogens with one attached hydrogen (secondary N) is 1. The maximum absolute atomic E-state index is 13.7. The topological polar surface area (TPSA) is 12.0 Å². The minimum Gasteiger partial charge on any atom is -0.307 e. The first-order valence-electron chi connectivity index (χ1n) is 6.68. The van der Waals surface area contributed by atoms with Crippen molar-refractivity contribution in [3.8, 4) is 0 Å². The summed E-state index contributed by atoms with van der Waals surface area (Å²) >= 11 is 0. The van der Waals surface area contributed by atoms with E-state index in [1.54, 1.807) is 0 Å². The molecule has 1 nitrogen and oxygen atoms in total. The van der Waals surface area contributed by atoms with Gasteiger partial charge in [-0.3, -0.25) is 0 Å². The van der Waals surface area contributed by atoms with Crippen LogP contribution in [0.3, 0.4) is 0 Å². The normalized spacial score (nSPS) is 12.4. The van der Waals surface area contributed by atoms with Crippen molar-refractivity contribution in [2.45, 2.75) is 26.8 Å². The number of benzene rings is 2. The van der Waals surface area contributed by atoms with Crippen molar-refractivity contribution >= 4 is 0 Å². The van der Waals surface area contributed by atoms with Gasteiger partial charge in [0.25, 0.3) is 0 Å². The summed E-state index contributed by atoms with van der Waals surface area (Å²) < 4.78 is 13.7. The minimum absolute atomic E-state index is 0.105. The van der Waals surface area contributed by atoms with Crippen molar-refractivity contribution in [2.75, 3.05) is 6.54 Å². The van der Waals surface area contributed by atoms with Crippen LogP contribution in [0.25, 0.3) is 0 Å². The molecule has 2 aromatic rings. The molecule has 0 aliphatic rings. The molecule has 0 fully saturated rings. The third-order valence-electron chi connectivity index (χ3n) is 3.33. The molecule has 0 radical (unpaired) electrons. The van der Waals surface area contributed by atoms with Crippen LogP contribution in [0.4, 0.5) is 4.39 Å². The molecule has 1 atom stereocenters. The van der Waals surface area contributed by atoms with Crippen LogP contribution < -0.4 is 5.32 Å². The quantitative estimate of drug-likeness (QED) is 0.868. The fourth-order valence-electron chi connectivity index (χ4n) is 2.42. The molecule has 0 aliphatic heterocycles. The molecule has 1 N–H and O–H groups in total. The Bertz CT molecular complexity index is 525. The first-order chi connectivity index (χ1) is 9.13. The number of aryl methyl sites for hydroxylation is 2. The largest absolute Gasteiger partial charge is 0.307 e. The van der Waals surface area contributed by atoms with E-state index >= 15 is 0 Å². The zero-order chi connectivity index (χ0) is 13.8. The summed E-state index contributed by atoms with van der Waals surface area (Å²) in [5.74, 6) is -0.105. The van der Waals surface area contributed by atoms with Gasteiger partial charge in [0.2, 0.25) is 0 Å². The maximum atomic E-state index is 13.7. The highest BCUT2D eigenvalue weighted by molar-refractivity contribution is 5.37. The molecular formula is C17H20FN. The molecule has 2 aromatic carbocycles. The lowest BCUT2D eigenvalue weighted by atomic mass is 9.95. The number of hydrogen-bond donors (Lipinski definition) is 1. The van der Waals surface area contributed by atoms with Crippen molar-refractivity contribution in [3.63, 3.8) is 0 Å². The Kier molecular flexibility index (Phi) is 4.33. The molecule has 19 heavy (non-hydrogen) atoms. The second-order valence-electron chi connectivity index (χ2n) is 4.87. The van der Waals surface area contributed by atoms with E-state index in [4.69, 9.17) is 0 Å². The van der Waals surface area contributed by atoms with Crippen LogP contribution in [-0.2, 0) is 0 Å². The first-order valence-corrected chi connectivity index (χ1v) is 6.68. The number of halogens is 1. The molecule has 1 unspecified atom stereocenters. The molecule has 2 rings (SSSR count). The van der Waals surface area contributed by atoms with Gasteiger partial charge in [0.15, 0.2) is 0 Å². The smallest absolute Gasteiger partial charge is 0.129 e. The van der Waals surface area contributed by atoms with E-state index in [1.807, 2.05) is 44.2 Å². The van der Waals surface area contributed by atoms with Crippen molar-refractivity contribution in [3.05, 3.63) is 70.5 Å². The van der Waals surface area contributed by atoms with E-state index in [9.17, 15) is 4.39 Å². The summed E-state index contributed by atoms with van der Waals surface area (Å²) in [4.78, 5) is 0. The van der Waals surface area contributed by atoms with Crippen LogP contribution >= 0.6 is 0 Å². The van der Waals surface area contributed by atoms with Gasteiger partial charge in [-0.2, -0.15) is 0 Å². The SMILES string of the molecule is CCNC(c1ccccc1)c1cc(C)c(F)c(C)c1. The average Bonchev–Trinajstić information content (AvgIpc) is 2.42. The Hall–Kier alpha value is -1.67. The van der Waals surface area contributed by atoms with Gasteiger partial charge in [-0.05, 0) is 42.6 Å². The lowest BCUT2D eigenvalue weighted by Gasteiger charge is -2.20. The Morgan fingerprint density at radius 3 is 2.11 bits per heavy atom. The van der Waals surface area contributed by atoms with E-state index in [1.165, 1.54) is 5.56 Å². The van der Waals surface area contributed by atoms with Gasteiger partial charge < -0.3 is 5.32 Å². The molecule has 100 valence electrons. The summed E-state index contributed by atoms with van der Waals surface area (Å²) in [7, 11) is 0. The van der Waals surface area contributed by atoms with Gasteiger partial charge in [-0.15, -0.1) is 0 Å². The summed E-state index contributed by atoms with van der Waals surface area (Å²) in [6, 6.07) is 14.2. The molecule has 0 aliphatic carbocycles. The molecule has 0 amide bonds. The van der Waals surface area contributed by atoms with Crippen molar-refractivity contribution in [1.82, 2.24) is 5.32 Å². The molecule has 0 saturated heterocycles. The van der Waals surface area contributed by atoms with Crippen LogP contribution in [0.1, 0.15) is 35.2 Å². The third kappa shape index (κ3) is 3.02. The highest BCUT2D eigenvalue weighted by Gasteiger charge is 2.15. The summed E-state index contributed by atoms with van der Waals surface area (Å²) in [5.41, 5.74) is 3.72. The van der Waals surface area contributed by atoms with Crippen LogP contribution in [0.5, 0.6) is 0 Å². The Morgan fingerprint density at radius 2 is 1.58 bits per heavy atom. The average molecular weight is 257 g/mol. The standard InChI is InChI=1S/C17H20FN/c1-4-19-17(14-8-6-5-7-9-14)15-10-12(2)16(18)13(3)11-15/h5-11,17,19H,4H2,1-3H3. The third-order valence-corrected chi connectivity index (χ3v) is 3.33. The van der Waals surface area contributed by atoms with Crippen LogP contribution in [0.15, 0.2) is 42.5 Å². The summed E-state index contributed by atoms with van der Waals surface area (Å²) in [6.07, 6.45) is 0. The van der Waals surface area contributed by atoms with Crippen LogP contribution in [0, 0.1) is 19.7 Å². The maximum Gasteiger partial charge on any atom is 0.129 e. The second kappa shape index (κ2) is 5.98. The van der Waals surface area contributed by atoms with E-state index in [-0.39, 0.29) is 11.9 Å². The Labute approximate surface area is 114 Å². The van der Waals surface area contributed by atoms with Gasteiger partial charge in [0, 0.05) is 0 Å². The van der Waals surface area contributed by atoms with E-state index in [2.05, 4.69) is 24.4 Å². The van der Waals surface area contributed by atoms with Gasteiger partial charge in [0.05, 0.1) is 6.04 Å². The van der Waals surface area contributed by atoms with Gasteiger partial charge in [-0.1, -0.05) is 49.4 Å². The Balaban J connectivity index is 2.45. The zero-order valence-electron chi connectivity index (χ0n) is 11.7. The molecule has 2 heteroatoms. The first kappa shape index (κ1) is 13.8. The van der Waals surface area contributed by atoms with E-state index in [0.717, 1.165) is 12.1 Å². The number of rotatable bonds is 4. The highest BCUT2D eigenvalue weighted by Crippen LogP contribution is 2.25. The van der Waals surface area contributed by atoms with Crippen LogP contribution in [-0.4, -0.2) is 6.54 Å². The van der Waals surface area contributed by atoms with Crippen LogP contribution in [0.2, 0.25) is 0 Å². The van der Waals surface area contributed by atoms with Crippen molar-refractivity contribution < 1.29 is 4.39 Å². The zero-order valence-corrected chi connectivity index (χ0v) is 11.7. The van der Waals surface area contributed by atoms with E-state index in [0.29, 0.717) is 11.1 Å². The second-order valence-corrected chi connectivity index (χ2v) is 4.87.